The Bertz CT molecular complexity index is 455. The van der Waals surface area contributed by atoms with Gasteiger partial charge < -0.3 is 0 Å². The van der Waals surface area contributed by atoms with E-state index in [9.17, 15) is 0 Å². The highest BCUT2D eigenvalue weighted by atomic mass is 79.9. The fraction of sp³-hybridized carbons (Fsp3) is 0.308. The van der Waals surface area contributed by atoms with Crippen molar-refractivity contribution in [2.24, 2.45) is 0 Å². The van der Waals surface area contributed by atoms with Crippen molar-refractivity contribution >= 4 is 27.3 Å². The molecule has 78 valence electrons. The Morgan fingerprint density at radius 1 is 1.27 bits per heavy atom. The van der Waals surface area contributed by atoms with Gasteiger partial charge in [0.05, 0.1) is 5.41 Å². The van der Waals surface area contributed by atoms with Crippen molar-refractivity contribution in [2.75, 3.05) is 0 Å². The van der Waals surface area contributed by atoms with Gasteiger partial charge in [-0.3, -0.25) is 0 Å². The number of benzene rings is 1. The first-order valence-corrected chi connectivity index (χ1v) is 6.00. The van der Waals surface area contributed by atoms with E-state index in [0.717, 1.165) is 0 Å². The summed E-state index contributed by atoms with van der Waals surface area (Å²) in [5.41, 5.74) is 4.17. The van der Waals surface area contributed by atoms with Crippen LogP contribution >= 0.6 is 15.9 Å². The maximum absolute atomic E-state index is 3.34. The van der Waals surface area contributed by atoms with E-state index in [-0.39, 0.29) is 5.41 Å². The molecule has 0 atom stereocenters. The van der Waals surface area contributed by atoms with Crippen LogP contribution in [0.4, 0.5) is 5.69 Å². The molecule has 1 aromatic carbocycles. The molecule has 0 fully saturated rings. The number of fused-ring (bicyclic) bond motifs is 1. The van der Waals surface area contributed by atoms with Gasteiger partial charge in [0.15, 0.2) is 11.9 Å². The van der Waals surface area contributed by atoms with Crippen molar-refractivity contribution in [2.45, 2.75) is 26.2 Å². The van der Waals surface area contributed by atoms with Crippen LogP contribution in [0.2, 0.25) is 0 Å². The highest BCUT2D eigenvalue weighted by molar-refractivity contribution is 9.11. The molecule has 0 N–H and O–H groups in total. The maximum atomic E-state index is 3.34. The Morgan fingerprint density at radius 3 is 2.60 bits per heavy atom. The SMILES string of the molecule is CC1=[N+](/C=C/Br)c2ccccc2C1(C)C. The van der Waals surface area contributed by atoms with Crippen molar-refractivity contribution in [1.29, 1.82) is 0 Å². The van der Waals surface area contributed by atoms with E-state index in [0.29, 0.717) is 0 Å². The van der Waals surface area contributed by atoms with Gasteiger partial charge in [-0.25, -0.2) is 0 Å². The Hall–Kier alpha value is -0.890. The smallest absolute Gasteiger partial charge is 0.167 e. The van der Waals surface area contributed by atoms with Crippen molar-refractivity contribution in [3.05, 3.63) is 41.0 Å². The summed E-state index contributed by atoms with van der Waals surface area (Å²) in [5.74, 6) is 0. The minimum atomic E-state index is 0.128. The predicted octanol–water partition coefficient (Wildman–Crippen LogP) is 3.95. The van der Waals surface area contributed by atoms with E-state index in [2.05, 4.69) is 71.7 Å². The monoisotopic (exact) mass is 264 g/mol. The lowest BCUT2D eigenvalue weighted by molar-refractivity contribution is -0.357. The number of nitrogens with zero attached hydrogens (tertiary/aromatic N) is 1. The summed E-state index contributed by atoms with van der Waals surface area (Å²) in [6.45, 7) is 6.72. The average molecular weight is 265 g/mol. The van der Waals surface area contributed by atoms with Crippen LogP contribution in [0, 0.1) is 0 Å². The van der Waals surface area contributed by atoms with Crippen molar-refractivity contribution < 1.29 is 4.58 Å². The third-order valence-electron chi connectivity index (χ3n) is 3.31. The lowest BCUT2D eigenvalue weighted by Gasteiger charge is -2.14. The van der Waals surface area contributed by atoms with Gasteiger partial charge in [-0.1, -0.05) is 34.1 Å². The minimum Gasteiger partial charge on any atom is -0.167 e. The van der Waals surface area contributed by atoms with E-state index in [1.807, 2.05) is 4.99 Å². The third-order valence-corrected chi connectivity index (χ3v) is 3.54. The summed E-state index contributed by atoms with van der Waals surface area (Å²) >= 11 is 3.34. The molecule has 0 unspecified atom stereocenters. The molecule has 1 nitrogen and oxygen atoms in total. The average Bonchev–Trinajstić information content (AvgIpc) is 2.42. The van der Waals surface area contributed by atoms with Crippen LogP contribution in [0.5, 0.6) is 0 Å². The summed E-state index contributed by atoms with van der Waals surface area (Å²) in [6, 6.07) is 8.57. The number of rotatable bonds is 1. The molecule has 0 bridgehead atoms. The lowest BCUT2D eigenvalue weighted by atomic mass is 9.82. The largest absolute Gasteiger partial charge is 0.214 e. The Balaban J connectivity index is 2.70. The first-order chi connectivity index (χ1) is 7.09. The molecule has 0 aromatic heterocycles. The highest BCUT2D eigenvalue weighted by Gasteiger charge is 2.41. The second-order valence-corrected chi connectivity index (χ2v) is 4.90. The molecule has 1 aromatic rings. The zero-order valence-corrected chi connectivity index (χ0v) is 10.9. The Kier molecular flexibility index (Phi) is 2.55. The van der Waals surface area contributed by atoms with Gasteiger partial charge in [0.25, 0.3) is 0 Å². The zero-order valence-electron chi connectivity index (χ0n) is 9.29. The molecule has 1 aliphatic rings. The van der Waals surface area contributed by atoms with Gasteiger partial charge >= 0.3 is 0 Å². The number of halogens is 1. The van der Waals surface area contributed by atoms with Crippen LogP contribution in [-0.4, -0.2) is 10.3 Å². The fourth-order valence-corrected chi connectivity index (χ4v) is 2.37. The zero-order chi connectivity index (χ0) is 11.1. The Morgan fingerprint density at radius 2 is 1.93 bits per heavy atom. The summed E-state index contributed by atoms with van der Waals surface area (Å²) < 4.78 is 2.24. The molecular weight excluding hydrogens is 250 g/mol. The number of para-hydroxylation sites is 1. The minimum absolute atomic E-state index is 0.128. The van der Waals surface area contributed by atoms with Crippen LogP contribution in [0.3, 0.4) is 0 Å². The Labute approximate surface area is 99.3 Å². The van der Waals surface area contributed by atoms with E-state index in [4.69, 9.17) is 0 Å². The van der Waals surface area contributed by atoms with Crippen LogP contribution in [0.25, 0.3) is 0 Å². The number of hydrogen-bond donors (Lipinski definition) is 0. The van der Waals surface area contributed by atoms with Crippen molar-refractivity contribution in [3.63, 3.8) is 0 Å². The highest BCUT2D eigenvalue weighted by Crippen LogP contribution is 2.39. The topological polar surface area (TPSA) is 3.01 Å². The van der Waals surface area contributed by atoms with Crippen LogP contribution in [0.15, 0.2) is 35.5 Å². The molecule has 0 aliphatic carbocycles. The van der Waals surface area contributed by atoms with Gasteiger partial charge in [-0.15, -0.1) is 0 Å². The second kappa shape index (κ2) is 3.60. The summed E-state index contributed by atoms with van der Waals surface area (Å²) in [4.78, 5) is 1.90. The van der Waals surface area contributed by atoms with Crippen LogP contribution in [0.1, 0.15) is 26.3 Å². The van der Waals surface area contributed by atoms with Crippen molar-refractivity contribution in [3.8, 4) is 0 Å². The summed E-state index contributed by atoms with van der Waals surface area (Å²) in [6.07, 6.45) is 2.06. The first-order valence-electron chi connectivity index (χ1n) is 5.08. The van der Waals surface area contributed by atoms with Gasteiger partial charge in [-0.05, 0) is 13.8 Å². The van der Waals surface area contributed by atoms with Gasteiger partial charge in [-0.2, -0.15) is 4.58 Å². The molecule has 1 aliphatic heterocycles. The molecule has 0 saturated carbocycles. The van der Waals surface area contributed by atoms with E-state index in [1.165, 1.54) is 17.0 Å². The fourth-order valence-electron chi connectivity index (χ4n) is 2.14. The van der Waals surface area contributed by atoms with Crippen molar-refractivity contribution in [1.82, 2.24) is 0 Å². The molecule has 2 rings (SSSR count). The van der Waals surface area contributed by atoms with E-state index >= 15 is 0 Å². The van der Waals surface area contributed by atoms with E-state index in [1.54, 1.807) is 0 Å². The summed E-state index contributed by atoms with van der Waals surface area (Å²) in [5, 5.41) is 0. The van der Waals surface area contributed by atoms with Crippen LogP contribution < -0.4 is 0 Å². The quantitative estimate of drug-likeness (QED) is 0.676. The molecule has 1 heterocycles. The predicted molar refractivity (Wildman–Crippen MR) is 68.1 cm³/mol. The van der Waals surface area contributed by atoms with Gasteiger partial charge in [0, 0.05) is 23.5 Å². The maximum Gasteiger partial charge on any atom is 0.214 e. The van der Waals surface area contributed by atoms with Gasteiger partial charge in [0.2, 0.25) is 5.69 Å². The molecule has 0 radical (unpaired) electrons. The van der Waals surface area contributed by atoms with Gasteiger partial charge in [0.1, 0.15) is 0 Å². The standard InChI is InChI=1S/C13H15BrN/c1-10-13(2,3)11-6-4-5-7-12(11)15(10)9-8-14/h4-9H,1-3H3/q+1/b9-8+. The molecule has 0 spiro atoms. The molecular formula is C13H15BrN+. The second-order valence-electron chi connectivity index (χ2n) is 4.37. The third kappa shape index (κ3) is 1.48. The lowest BCUT2D eigenvalue weighted by Crippen LogP contribution is -2.25. The molecule has 2 heteroatoms. The molecule has 15 heavy (non-hydrogen) atoms. The van der Waals surface area contributed by atoms with E-state index < -0.39 is 0 Å². The summed E-state index contributed by atoms with van der Waals surface area (Å²) in [7, 11) is 0. The van der Waals surface area contributed by atoms with Crippen LogP contribution in [-0.2, 0) is 5.41 Å². The first kappa shape index (κ1) is 10.6. The molecule has 0 saturated heterocycles. The molecule has 0 amide bonds. The number of hydrogen-bond acceptors (Lipinski definition) is 0. The normalized spacial score (nSPS) is 18.7.